The molecule has 3 aromatic carbocycles. The third kappa shape index (κ3) is 4.17. The highest BCUT2D eigenvalue weighted by Crippen LogP contribution is 2.48. The summed E-state index contributed by atoms with van der Waals surface area (Å²) in [5, 5.41) is 11.6. The molecular weight excluding hydrogens is 492 g/mol. The van der Waals surface area contributed by atoms with Crippen molar-refractivity contribution in [1.82, 2.24) is 4.98 Å². The van der Waals surface area contributed by atoms with E-state index in [-0.39, 0.29) is 11.3 Å². The van der Waals surface area contributed by atoms with E-state index in [0.29, 0.717) is 45.6 Å². The number of carbonyl (C=O) groups is 2. The number of thiazole rings is 1. The summed E-state index contributed by atoms with van der Waals surface area (Å²) in [7, 11) is 2.99. The van der Waals surface area contributed by atoms with E-state index in [9.17, 15) is 14.7 Å². The Hall–Kier alpha value is -4.37. The Balaban J connectivity index is 1.75. The molecule has 5 rings (SSSR count). The summed E-state index contributed by atoms with van der Waals surface area (Å²) in [6.45, 7) is 2.41. The van der Waals surface area contributed by atoms with Gasteiger partial charge in [-0.15, -0.1) is 0 Å². The molecule has 37 heavy (non-hydrogen) atoms. The van der Waals surface area contributed by atoms with Crippen molar-refractivity contribution in [1.29, 1.82) is 0 Å². The Morgan fingerprint density at radius 3 is 2.51 bits per heavy atom. The molecule has 0 radical (unpaired) electrons. The van der Waals surface area contributed by atoms with Gasteiger partial charge in [-0.2, -0.15) is 0 Å². The molecule has 1 aromatic heterocycles. The molecule has 0 saturated carbocycles. The highest BCUT2D eigenvalue weighted by molar-refractivity contribution is 7.22. The number of hydrogen-bond acceptors (Lipinski definition) is 8. The largest absolute Gasteiger partial charge is 0.507 e. The van der Waals surface area contributed by atoms with Crippen LogP contribution in [0.2, 0.25) is 0 Å². The molecule has 0 aliphatic carbocycles. The first-order chi connectivity index (χ1) is 18.0. The Labute approximate surface area is 217 Å². The smallest absolute Gasteiger partial charge is 0.301 e. The zero-order chi connectivity index (χ0) is 26.1. The zero-order valence-electron chi connectivity index (χ0n) is 20.4. The molecule has 1 N–H and O–H groups in total. The molecule has 1 aliphatic rings. The molecule has 0 unspecified atom stereocenters. The molecule has 1 aliphatic heterocycles. The summed E-state index contributed by atoms with van der Waals surface area (Å²) in [5.74, 6) is -0.433. The molecule has 4 aromatic rings. The molecular formula is C28H24N2O6S. The maximum Gasteiger partial charge on any atom is 0.301 e. The number of benzene rings is 3. The van der Waals surface area contributed by atoms with Gasteiger partial charge in [-0.1, -0.05) is 53.8 Å². The number of hydrogen-bond donors (Lipinski definition) is 1. The lowest BCUT2D eigenvalue weighted by Crippen LogP contribution is -2.29. The molecule has 2 heterocycles. The zero-order valence-corrected chi connectivity index (χ0v) is 21.2. The van der Waals surface area contributed by atoms with Crippen LogP contribution in [0.5, 0.6) is 17.2 Å². The number of aliphatic hydroxyl groups is 1. The van der Waals surface area contributed by atoms with Gasteiger partial charge >= 0.3 is 5.91 Å². The van der Waals surface area contributed by atoms with Gasteiger partial charge in [0.25, 0.3) is 5.78 Å². The van der Waals surface area contributed by atoms with Crippen molar-refractivity contribution >= 4 is 44.1 Å². The summed E-state index contributed by atoms with van der Waals surface area (Å²) >= 11 is 1.26. The van der Waals surface area contributed by atoms with Crippen LogP contribution in [0.25, 0.3) is 16.0 Å². The van der Waals surface area contributed by atoms with Crippen LogP contribution in [-0.2, 0) is 9.59 Å². The van der Waals surface area contributed by atoms with Gasteiger partial charge in [0.05, 0.1) is 36.6 Å². The number of para-hydroxylation sites is 1. The number of aromatic nitrogens is 1. The van der Waals surface area contributed by atoms with Crippen molar-refractivity contribution in [2.75, 3.05) is 25.7 Å². The van der Waals surface area contributed by atoms with Gasteiger partial charge in [0.2, 0.25) is 0 Å². The van der Waals surface area contributed by atoms with E-state index in [0.717, 1.165) is 4.70 Å². The van der Waals surface area contributed by atoms with E-state index in [1.54, 1.807) is 54.6 Å². The first-order valence-electron chi connectivity index (χ1n) is 11.6. The summed E-state index contributed by atoms with van der Waals surface area (Å²) in [5.41, 5.74) is 1.49. The fourth-order valence-electron chi connectivity index (χ4n) is 4.46. The molecule has 188 valence electrons. The number of nitrogens with zero attached hydrogens (tertiary/aromatic N) is 2. The van der Waals surface area contributed by atoms with Crippen LogP contribution in [0.4, 0.5) is 5.13 Å². The number of ketones is 1. The Morgan fingerprint density at radius 2 is 1.81 bits per heavy atom. The van der Waals surface area contributed by atoms with Crippen LogP contribution in [0.3, 0.4) is 0 Å². The topological polar surface area (TPSA) is 98.2 Å². The SMILES string of the molecule is CCOc1ccc2nc(N3C(=O)C(=O)/C(=C(/O)c4ccccc4)[C@H]3c3cccc(OC)c3OC)sc2c1. The number of carbonyl (C=O) groups excluding carboxylic acids is 2. The van der Waals surface area contributed by atoms with Crippen molar-refractivity contribution in [2.45, 2.75) is 13.0 Å². The number of methoxy groups -OCH3 is 2. The minimum Gasteiger partial charge on any atom is -0.507 e. The molecule has 0 spiro atoms. The number of ether oxygens (including phenoxy) is 3. The minimum atomic E-state index is -1.00. The Bertz CT molecular complexity index is 1530. The predicted molar refractivity (Wildman–Crippen MR) is 142 cm³/mol. The maximum absolute atomic E-state index is 13.5. The number of anilines is 1. The average molecular weight is 517 g/mol. The van der Waals surface area contributed by atoms with E-state index in [1.165, 1.54) is 30.5 Å². The van der Waals surface area contributed by atoms with Crippen LogP contribution in [0.1, 0.15) is 24.1 Å². The van der Waals surface area contributed by atoms with Gasteiger partial charge < -0.3 is 19.3 Å². The lowest BCUT2D eigenvalue weighted by molar-refractivity contribution is -0.132. The normalized spacial score (nSPS) is 16.8. The highest BCUT2D eigenvalue weighted by atomic mass is 32.1. The van der Waals surface area contributed by atoms with Crippen LogP contribution in [-0.4, -0.2) is 42.6 Å². The van der Waals surface area contributed by atoms with Gasteiger partial charge in [-0.3, -0.25) is 14.5 Å². The first kappa shape index (κ1) is 24.3. The summed E-state index contributed by atoms with van der Waals surface area (Å²) in [4.78, 5) is 33.0. The van der Waals surface area contributed by atoms with Crippen molar-refractivity contribution in [3.8, 4) is 17.2 Å². The average Bonchev–Trinajstić information content (AvgIpc) is 3.46. The number of aliphatic hydroxyl groups excluding tert-OH is 1. The highest BCUT2D eigenvalue weighted by Gasteiger charge is 2.49. The van der Waals surface area contributed by atoms with Gasteiger partial charge in [0.1, 0.15) is 17.6 Å². The van der Waals surface area contributed by atoms with Crippen molar-refractivity contribution in [2.24, 2.45) is 0 Å². The third-order valence-corrected chi connectivity index (χ3v) is 7.10. The van der Waals surface area contributed by atoms with Crippen molar-refractivity contribution in [3.05, 3.63) is 83.4 Å². The number of fused-ring (bicyclic) bond motifs is 1. The standard InChI is InChI=1S/C28H24N2O6S/c1-4-36-17-13-14-19-21(15-17)37-28(29-19)30-23(18-11-8-12-20(34-2)26(18)35-3)22(25(32)27(30)33)24(31)16-9-6-5-7-10-16/h5-15,23,31H,4H2,1-3H3/b24-22+/t23-/m1/s1. The first-order valence-corrected chi connectivity index (χ1v) is 12.4. The summed E-state index contributed by atoms with van der Waals surface area (Å²) < 4.78 is 17.5. The van der Waals surface area contributed by atoms with Crippen LogP contribution in [0, 0.1) is 0 Å². The number of Topliss-reactive ketones (excluding diaryl/α,β-unsaturated/α-hetero) is 1. The van der Waals surface area contributed by atoms with Crippen LogP contribution >= 0.6 is 11.3 Å². The molecule has 9 heteroatoms. The Morgan fingerprint density at radius 1 is 1.03 bits per heavy atom. The van der Waals surface area contributed by atoms with Crippen LogP contribution in [0.15, 0.2) is 72.3 Å². The van der Waals surface area contributed by atoms with Crippen LogP contribution < -0.4 is 19.1 Å². The summed E-state index contributed by atoms with van der Waals surface area (Å²) in [6, 6.07) is 18.3. The monoisotopic (exact) mass is 516 g/mol. The molecule has 1 saturated heterocycles. The van der Waals surface area contributed by atoms with E-state index in [1.807, 2.05) is 19.1 Å². The lowest BCUT2D eigenvalue weighted by Gasteiger charge is -2.25. The van der Waals surface area contributed by atoms with E-state index in [2.05, 4.69) is 4.98 Å². The molecule has 8 nitrogen and oxygen atoms in total. The molecule has 1 fully saturated rings. The predicted octanol–water partition coefficient (Wildman–Crippen LogP) is 5.34. The van der Waals surface area contributed by atoms with Gasteiger partial charge in [0.15, 0.2) is 16.6 Å². The maximum atomic E-state index is 13.5. The second-order valence-electron chi connectivity index (χ2n) is 8.18. The minimum absolute atomic E-state index is 0.0583. The van der Waals surface area contributed by atoms with Gasteiger partial charge in [-0.05, 0) is 31.2 Å². The van der Waals surface area contributed by atoms with Crippen molar-refractivity contribution in [3.63, 3.8) is 0 Å². The quantitative estimate of drug-likeness (QED) is 0.201. The fraction of sp³-hybridized carbons (Fsp3) is 0.179. The number of amides is 1. The molecule has 1 atom stereocenters. The van der Waals surface area contributed by atoms with Gasteiger partial charge in [0, 0.05) is 11.1 Å². The summed E-state index contributed by atoms with van der Waals surface area (Å²) in [6.07, 6.45) is 0. The Kier molecular flexibility index (Phi) is 6.54. The molecule has 0 bridgehead atoms. The van der Waals surface area contributed by atoms with Crippen molar-refractivity contribution < 1.29 is 28.9 Å². The van der Waals surface area contributed by atoms with E-state index < -0.39 is 17.7 Å². The lowest BCUT2D eigenvalue weighted by atomic mass is 9.94. The number of rotatable bonds is 7. The molecule has 1 amide bonds. The third-order valence-electron chi connectivity index (χ3n) is 6.09. The van der Waals surface area contributed by atoms with E-state index in [4.69, 9.17) is 14.2 Å². The second-order valence-corrected chi connectivity index (χ2v) is 9.19. The van der Waals surface area contributed by atoms with Gasteiger partial charge in [-0.25, -0.2) is 4.98 Å². The second kappa shape index (κ2) is 9.94. The van der Waals surface area contributed by atoms with E-state index >= 15 is 0 Å². The fourth-order valence-corrected chi connectivity index (χ4v) is 5.48.